The minimum absolute atomic E-state index is 0.0572. The summed E-state index contributed by atoms with van der Waals surface area (Å²) in [5, 5.41) is 10.3. The van der Waals surface area contributed by atoms with Crippen LogP contribution in [0.25, 0.3) is 0 Å². The Morgan fingerprint density at radius 3 is 2.59 bits per heavy atom. The average Bonchev–Trinajstić information content (AvgIpc) is 2.73. The number of rotatable bonds is 8. The van der Waals surface area contributed by atoms with E-state index in [1.165, 1.54) is 0 Å². The van der Waals surface area contributed by atoms with E-state index < -0.39 is 0 Å². The maximum Gasteiger partial charge on any atom is 0.0945 e. The SMILES string of the molecule is CCN(CC)CCc1nc(COC)c(CO)s1. The van der Waals surface area contributed by atoms with Gasteiger partial charge in [-0.15, -0.1) is 11.3 Å². The molecule has 0 bridgehead atoms. The van der Waals surface area contributed by atoms with Crippen LogP contribution in [0.4, 0.5) is 0 Å². The summed E-state index contributed by atoms with van der Waals surface area (Å²) in [6.07, 6.45) is 0.947. The summed E-state index contributed by atoms with van der Waals surface area (Å²) >= 11 is 1.59. The van der Waals surface area contributed by atoms with Crippen molar-refractivity contribution in [3.05, 3.63) is 15.6 Å². The van der Waals surface area contributed by atoms with E-state index in [2.05, 4.69) is 23.7 Å². The van der Waals surface area contributed by atoms with Crippen molar-refractivity contribution in [3.63, 3.8) is 0 Å². The third-order valence-electron chi connectivity index (χ3n) is 2.78. The Hall–Kier alpha value is -0.490. The van der Waals surface area contributed by atoms with Gasteiger partial charge in [-0.3, -0.25) is 0 Å². The second-order valence-electron chi connectivity index (χ2n) is 3.85. The number of hydrogen-bond donors (Lipinski definition) is 1. The number of thiazole rings is 1. The van der Waals surface area contributed by atoms with Crippen LogP contribution in [-0.4, -0.2) is 41.7 Å². The normalized spacial score (nSPS) is 11.4. The van der Waals surface area contributed by atoms with Crippen LogP contribution in [0.1, 0.15) is 29.4 Å². The van der Waals surface area contributed by atoms with Gasteiger partial charge in [-0.2, -0.15) is 0 Å². The molecule has 1 aromatic heterocycles. The number of aliphatic hydroxyl groups is 1. The molecule has 0 aliphatic rings. The first-order chi connectivity index (χ1) is 8.24. The van der Waals surface area contributed by atoms with E-state index in [1.54, 1.807) is 18.4 Å². The molecule has 0 aliphatic heterocycles. The van der Waals surface area contributed by atoms with Crippen molar-refractivity contribution >= 4 is 11.3 Å². The third-order valence-corrected chi connectivity index (χ3v) is 3.93. The topological polar surface area (TPSA) is 45.6 Å². The van der Waals surface area contributed by atoms with Crippen LogP contribution in [0.3, 0.4) is 0 Å². The first kappa shape index (κ1) is 14.6. The lowest BCUT2D eigenvalue weighted by Crippen LogP contribution is -2.25. The molecular weight excluding hydrogens is 236 g/mol. The second kappa shape index (κ2) is 7.76. The summed E-state index contributed by atoms with van der Waals surface area (Å²) in [5.41, 5.74) is 0.884. The molecule has 1 N–H and O–H groups in total. The van der Waals surface area contributed by atoms with Gasteiger partial charge in [0.05, 0.1) is 28.8 Å². The van der Waals surface area contributed by atoms with Crippen LogP contribution < -0.4 is 0 Å². The number of nitrogens with zero attached hydrogens (tertiary/aromatic N) is 2. The zero-order chi connectivity index (χ0) is 12.7. The first-order valence-corrected chi connectivity index (χ1v) is 6.86. The van der Waals surface area contributed by atoms with Crippen molar-refractivity contribution in [2.24, 2.45) is 0 Å². The Labute approximate surface area is 107 Å². The molecule has 4 nitrogen and oxygen atoms in total. The van der Waals surface area contributed by atoms with E-state index in [-0.39, 0.29) is 6.61 Å². The Balaban J connectivity index is 2.59. The monoisotopic (exact) mass is 258 g/mol. The zero-order valence-corrected chi connectivity index (χ0v) is 11.7. The lowest BCUT2D eigenvalue weighted by molar-refractivity contribution is 0.178. The molecule has 1 heterocycles. The highest BCUT2D eigenvalue weighted by Crippen LogP contribution is 2.20. The first-order valence-electron chi connectivity index (χ1n) is 6.04. The van der Waals surface area contributed by atoms with Gasteiger partial charge in [0.25, 0.3) is 0 Å². The Bertz CT molecular complexity index is 324. The number of ether oxygens (including phenoxy) is 1. The van der Waals surface area contributed by atoms with Crippen molar-refractivity contribution in [2.75, 3.05) is 26.7 Å². The standard InChI is InChI=1S/C12H22N2O2S/c1-4-14(5-2)7-6-12-13-10(9-16-3)11(8-15)17-12/h15H,4-9H2,1-3H3. The fraction of sp³-hybridized carbons (Fsp3) is 0.750. The highest BCUT2D eigenvalue weighted by atomic mass is 32.1. The van der Waals surface area contributed by atoms with E-state index in [4.69, 9.17) is 4.74 Å². The number of aromatic nitrogens is 1. The van der Waals surface area contributed by atoms with Gasteiger partial charge >= 0.3 is 0 Å². The summed E-state index contributed by atoms with van der Waals surface area (Å²) < 4.78 is 5.07. The Morgan fingerprint density at radius 1 is 1.35 bits per heavy atom. The third kappa shape index (κ3) is 4.35. The molecule has 0 saturated heterocycles. The number of aliphatic hydroxyl groups excluding tert-OH is 1. The smallest absolute Gasteiger partial charge is 0.0945 e. The molecule has 0 spiro atoms. The molecule has 0 fully saturated rings. The molecule has 0 amide bonds. The maximum absolute atomic E-state index is 9.23. The predicted octanol–water partition coefficient (Wildman–Crippen LogP) is 1.67. The van der Waals surface area contributed by atoms with Crippen LogP contribution in [0.2, 0.25) is 0 Å². The molecule has 5 heteroatoms. The van der Waals surface area contributed by atoms with E-state index in [0.717, 1.165) is 41.6 Å². The summed E-state index contributed by atoms with van der Waals surface area (Å²) in [5.74, 6) is 0. The Kier molecular flexibility index (Phi) is 6.65. The summed E-state index contributed by atoms with van der Waals surface area (Å²) in [6.45, 7) is 8.04. The van der Waals surface area contributed by atoms with Gasteiger partial charge in [-0.05, 0) is 13.1 Å². The minimum Gasteiger partial charge on any atom is -0.391 e. The van der Waals surface area contributed by atoms with Crippen LogP contribution in [-0.2, 0) is 24.4 Å². The molecule has 0 saturated carbocycles. The van der Waals surface area contributed by atoms with Crippen LogP contribution in [0, 0.1) is 0 Å². The van der Waals surface area contributed by atoms with Gasteiger partial charge in [0, 0.05) is 20.1 Å². The summed E-state index contributed by atoms with van der Waals surface area (Å²) in [7, 11) is 1.65. The van der Waals surface area contributed by atoms with E-state index >= 15 is 0 Å². The highest BCUT2D eigenvalue weighted by Gasteiger charge is 2.10. The molecule has 0 unspecified atom stereocenters. The quantitative estimate of drug-likeness (QED) is 0.770. The summed E-state index contributed by atoms with van der Waals surface area (Å²) in [6, 6.07) is 0. The van der Waals surface area contributed by atoms with Crippen LogP contribution in [0.5, 0.6) is 0 Å². The van der Waals surface area contributed by atoms with Crippen molar-refractivity contribution in [1.29, 1.82) is 0 Å². The fourth-order valence-electron chi connectivity index (χ4n) is 1.71. The van der Waals surface area contributed by atoms with E-state index in [1.807, 2.05) is 0 Å². The Morgan fingerprint density at radius 2 is 2.06 bits per heavy atom. The lowest BCUT2D eigenvalue weighted by atomic mass is 10.3. The zero-order valence-electron chi connectivity index (χ0n) is 10.9. The van der Waals surface area contributed by atoms with Crippen molar-refractivity contribution in [1.82, 2.24) is 9.88 Å². The molecule has 1 rings (SSSR count). The molecular formula is C12H22N2O2S. The fourth-order valence-corrected chi connectivity index (χ4v) is 2.63. The predicted molar refractivity (Wildman–Crippen MR) is 70.2 cm³/mol. The molecule has 17 heavy (non-hydrogen) atoms. The lowest BCUT2D eigenvalue weighted by Gasteiger charge is -2.16. The van der Waals surface area contributed by atoms with Gasteiger partial charge in [0.15, 0.2) is 0 Å². The second-order valence-corrected chi connectivity index (χ2v) is 5.01. The molecule has 0 aliphatic carbocycles. The minimum atomic E-state index is 0.0572. The van der Waals surface area contributed by atoms with Gasteiger partial charge in [0.2, 0.25) is 0 Å². The maximum atomic E-state index is 9.23. The van der Waals surface area contributed by atoms with Gasteiger partial charge in [-0.25, -0.2) is 4.98 Å². The van der Waals surface area contributed by atoms with Gasteiger partial charge in [0.1, 0.15) is 0 Å². The van der Waals surface area contributed by atoms with E-state index in [9.17, 15) is 5.11 Å². The molecule has 0 radical (unpaired) electrons. The highest BCUT2D eigenvalue weighted by molar-refractivity contribution is 7.11. The molecule has 98 valence electrons. The van der Waals surface area contributed by atoms with Crippen molar-refractivity contribution < 1.29 is 9.84 Å². The molecule has 0 atom stereocenters. The van der Waals surface area contributed by atoms with Crippen molar-refractivity contribution in [3.8, 4) is 0 Å². The average molecular weight is 258 g/mol. The molecule has 1 aromatic rings. The summed E-state index contributed by atoms with van der Waals surface area (Å²) in [4.78, 5) is 7.82. The largest absolute Gasteiger partial charge is 0.391 e. The number of likely N-dealkylation sites (N-methyl/N-ethyl adjacent to an activating group) is 1. The number of methoxy groups -OCH3 is 1. The van der Waals surface area contributed by atoms with Crippen molar-refractivity contribution in [2.45, 2.75) is 33.5 Å². The molecule has 0 aromatic carbocycles. The van der Waals surface area contributed by atoms with Crippen LogP contribution >= 0.6 is 11.3 Å². The van der Waals surface area contributed by atoms with Gasteiger partial charge < -0.3 is 14.7 Å². The van der Waals surface area contributed by atoms with Crippen LogP contribution in [0.15, 0.2) is 0 Å². The van der Waals surface area contributed by atoms with Gasteiger partial charge in [-0.1, -0.05) is 13.8 Å². The van der Waals surface area contributed by atoms with E-state index in [0.29, 0.717) is 6.61 Å². The number of hydrogen-bond acceptors (Lipinski definition) is 5.